The molecule has 190 valence electrons. The quantitative estimate of drug-likeness (QED) is 0.189. The highest BCUT2D eigenvalue weighted by Gasteiger charge is 2.46. The van der Waals surface area contributed by atoms with E-state index in [1.807, 2.05) is 13.8 Å². The highest BCUT2D eigenvalue weighted by atomic mass is 16.6. The number of ketones is 1. The molecule has 2 heterocycles. The number of ether oxygens (including phenoxy) is 1. The van der Waals surface area contributed by atoms with Crippen molar-refractivity contribution in [1.82, 2.24) is 15.1 Å². The summed E-state index contributed by atoms with van der Waals surface area (Å²) >= 11 is 0. The van der Waals surface area contributed by atoms with Crippen LogP contribution in [-0.2, 0) is 9.59 Å². The summed E-state index contributed by atoms with van der Waals surface area (Å²) in [6.45, 7) is 8.01. The van der Waals surface area contributed by atoms with E-state index in [-0.39, 0.29) is 29.7 Å². The number of Topliss-reactive ketones (excluding diaryl/α,β-unsaturated/α-hetero) is 1. The lowest BCUT2D eigenvalue weighted by Gasteiger charge is -2.31. The zero-order chi connectivity index (χ0) is 25.8. The number of likely N-dealkylation sites (tertiary alicyclic amines) is 1. The molecule has 2 N–H and O–H groups in total. The third-order valence-electron chi connectivity index (χ3n) is 6.33. The van der Waals surface area contributed by atoms with Gasteiger partial charge in [0, 0.05) is 57.0 Å². The standard InChI is InChI=1S/C26H30N4O6/c1-17(2)36-21-9-5-19(6-10-21)24(31)22-23(18-3-7-20(8-4-18)30(34)35)29(26(33)25(22)32)16-15-28-13-11-27-12-14-28/h3-10,17,23,27,31H,11-16H2,1-2H3/t23-/m0/s1. The minimum Gasteiger partial charge on any atom is -0.507 e. The summed E-state index contributed by atoms with van der Waals surface area (Å²) in [5.74, 6) is -1.16. The molecule has 10 nitrogen and oxygen atoms in total. The molecule has 2 aliphatic rings. The number of carbonyl (C=O) groups excluding carboxylic acids is 2. The Hall–Kier alpha value is -3.76. The average molecular weight is 495 g/mol. The van der Waals surface area contributed by atoms with Gasteiger partial charge in [-0.15, -0.1) is 0 Å². The van der Waals surface area contributed by atoms with Crippen molar-refractivity contribution in [2.75, 3.05) is 39.3 Å². The van der Waals surface area contributed by atoms with Crippen molar-refractivity contribution in [2.45, 2.75) is 26.0 Å². The van der Waals surface area contributed by atoms with Crippen molar-refractivity contribution in [2.24, 2.45) is 0 Å². The lowest BCUT2D eigenvalue weighted by Crippen LogP contribution is -2.46. The molecule has 1 amide bonds. The fourth-order valence-electron chi connectivity index (χ4n) is 4.54. The molecule has 2 saturated heterocycles. The summed E-state index contributed by atoms with van der Waals surface area (Å²) in [7, 11) is 0. The molecule has 2 aromatic rings. The van der Waals surface area contributed by atoms with Crippen LogP contribution < -0.4 is 10.1 Å². The number of nitro benzene ring substituents is 1. The van der Waals surface area contributed by atoms with Gasteiger partial charge in [0.1, 0.15) is 11.5 Å². The Balaban J connectivity index is 1.71. The molecule has 0 aliphatic carbocycles. The van der Waals surface area contributed by atoms with Gasteiger partial charge in [0.2, 0.25) is 0 Å². The summed E-state index contributed by atoms with van der Waals surface area (Å²) < 4.78 is 5.65. The van der Waals surface area contributed by atoms with E-state index < -0.39 is 22.7 Å². The summed E-state index contributed by atoms with van der Waals surface area (Å²) in [6, 6.07) is 11.5. The van der Waals surface area contributed by atoms with Crippen LogP contribution in [0.5, 0.6) is 5.75 Å². The highest BCUT2D eigenvalue weighted by molar-refractivity contribution is 6.46. The number of carbonyl (C=O) groups is 2. The van der Waals surface area contributed by atoms with Crippen LogP contribution in [0.1, 0.15) is 31.0 Å². The lowest BCUT2D eigenvalue weighted by atomic mass is 9.95. The number of nitrogens with zero attached hydrogens (tertiary/aromatic N) is 3. The molecule has 0 unspecified atom stereocenters. The molecule has 36 heavy (non-hydrogen) atoms. The first kappa shape index (κ1) is 25.3. The molecule has 0 aromatic heterocycles. The van der Waals surface area contributed by atoms with E-state index in [2.05, 4.69) is 10.2 Å². The van der Waals surface area contributed by atoms with Gasteiger partial charge in [-0.25, -0.2) is 0 Å². The van der Waals surface area contributed by atoms with Crippen LogP contribution in [-0.4, -0.2) is 76.9 Å². The maximum atomic E-state index is 13.2. The summed E-state index contributed by atoms with van der Waals surface area (Å²) in [6.07, 6.45) is -0.0207. The number of rotatable bonds is 8. The molecule has 0 spiro atoms. The molecule has 2 fully saturated rings. The van der Waals surface area contributed by atoms with Crippen molar-refractivity contribution >= 4 is 23.1 Å². The second-order valence-corrected chi connectivity index (χ2v) is 9.12. The van der Waals surface area contributed by atoms with E-state index in [0.717, 1.165) is 26.2 Å². The third kappa shape index (κ3) is 5.39. The number of benzene rings is 2. The molecule has 0 bridgehead atoms. The molecule has 2 aliphatic heterocycles. The highest BCUT2D eigenvalue weighted by Crippen LogP contribution is 2.40. The largest absolute Gasteiger partial charge is 0.507 e. The zero-order valence-electron chi connectivity index (χ0n) is 20.3. The maximum absolute atomic E-state index is 13.2. The second kappa shape index (κ2) is 10.9. The Morgan fingerprint density at radius 1 is 1.08 bits per heavy atom. The Bertz CT molecular complexity index is 1150. The number of aliphatic hydroxyl groups is 1. The van der Waals surface area contributed by atoms with E-state index in [9.17, 15) is 24.8 Å². The van der Waals surface area contributed by atoms with Crippen molar-refractivity contribution in [3.05, 3.63) is 75.3 Å². The number of amides is 1. The SMILES string of the molecule is CC(C)Oc1ccc(C(O)=C2C(=O)C(=O)N(CCN3CCNCC3)[C@H]2c2ccc([N+](=O)[O-])cc2)cc1. The maximum Gasteiger partial charge on any atom is 0.295 e. The van der Waals surface area contributed by atoms with Crippen LogP contribution in [0.15, 0.2) is 54.1 Å². The number of aliphatic hydroxyl groups excluding tert-OH is 1. The third-order valence-corrected chi connectivity index (χ3v) is 6.33. The summed E-state index contributed by atoms with van der Waals surface area (Å²) in [4.78, 5) is 40.6. The number of piperazine rings is 1. The Morgan fingerprint density at radius 3 is 2.31 bits per heavy atom. The normalized spacial score (nSPS) is 20.2. The van der Waals surface area contributed by atoms with Gasteiger partial charge in [0.05, 0.1) is 22.6 Å². The fraction of sp³-hybridized carbons (Fsp3) is 0.385. The minimum absolute atomic E-state index is 0.0207. The van der Waals surface area contributed by atoms with E-state index in [1.165, 1.54) is 29.2 Å². The topological polar surface area (TPSA) is 125 Å². The molecule has 1 atom stereocenters. The summed E-state index contributed by atoms with van der Waals surface area (Å²) in [5, 5.41) is 25.6. The molecule has 4 rings (SSSR count). The number of hydrogen-bond donors (Lipinski definition) is 2. The van der Waals surface area contributed by atoms with Crippen molar-refractivity contribution < 1.29 is 24.4 Å². The van der Waals surface area contributed by atoms with Gasteiger partial charge >= 0.3 is 0 Å². The van der Waals surface area contributed by atoms with Crippen molar-refractivity contribution in [1.29, 1.82) is 0 Å². The predicted molar refractivity (Wildman–Crippen MR) is 134 cm³/mol. The number of non-ortho nitro benzene ring substituents is 1. The van der Waals surface area contributed by atoms with Gasteiger partial charge in [0.25, 0.3) is 17.4 Å². The minimum atomic E-state index is -0.861. The van der Waals surface area contributed by atoms with E-state index >= 15 is 0 Å². The molecule has 0 saturated carbocycles. The fourth-order valence-corrected chi connectivity index (χ4v) is 4.54. The van der Waals surface area contributed by atoms with E-state index in [4.69, 9.17) is 4.74 Å². The molecular weight excluding hydrogens is 464 g/mol. The van der Waals surface area contributed by atoms with E-state index in [0.29, 0.717) is 23.4 Å². The first-order chi connectivity index (χ1) is 17.3. The van der Waals surface area contributed by atoms with Crippen LogP contribution in [0.25, 0.3) is 5.76 Å². The second-order valence-electron chi connectivity index (χ2n) is 9.12. The van der Waals surface area contributed by atoms with Crippen LogP contribution in [0, 0.1) is 10.1 Å². The molecule has 10 heteroatoms. The van der Waals surface area contributed by atoms with Crippen LogP contribution in [0.3, 0.4) is 0 Å². The molecule has 0 radical (unpaired) electrons. The predicted octanol–water partition coefficient (Wildman–Crippen LogP) is 2.71. The Labute approximate surface area is 209 Å². The monoisotopic (exact) mass is 494 g/mol. The van der Waals surface area contributed by atoms with Crippen LogP contribution in [0.4, 0.5) is 5.69 Å². The average Bonchev–Trinajstić information content (AvgIpc) is 3.12. The van der Waals surface area contributed by atoms with Crippen molar-refractivity contribution in [3.8, 4) is 5.75 Å². The van der Waals surface area contributed by atoms with Crippen LogP contribution >= 0.6 is 0 Å². The van der Waals surface area contributed by atoms with Gasteiger partial charge in [-0.3, -0.25) is 24.6 Å². The van der Waals surface area contributed by atoms with Gasteiger partial charge in [-0.1, -0.05) is 0 Å². The number of hydrogen-bond acceptors (Lipinski definition) is 8. The zero-order valence-corrected chi connectivity index (χ0v) is 20.3. The van der Waals surface area contributed by atoms with Gasteiger partial charge in [-0.2, -0.15) is 0 Å². The first-order valence-corrected chi connectivity index (χ1v) is 12.0. The van der Waals surface area contributed by atoms with Gasteiger partial charge < -0.3 is 20.1 Å². The smallest absolute Gasteiger partial charge is 0.295 e. The first-order valence-electron chi connectivity index (χ1n) is 12.0. The van der Waals surface area contributed by atoms with E-state index in [1.54, 1.807) is 24.3 Å². The van der Waals surface area contributed by atoms with Gasteiger partial charge in [0.15, 0.2) is 0 Å². The lowest BCUT2D eigenvalue weighted by molar-refractivity contribution is -0.384. The number of nitrogens with one attached hydrogen (secondary N) is 1. The molecule has 2 aromatic carbocycles. The number of nitro groups is 1. The molecular formula is C26H30N4O6. The Morgan fingerprint density at radius 2 is 1.72 bits per heavy atom. The van der Waals surface area contributed by atoms with Gasteiger partial charge in [-0.05, 0) is 55.8 Å². The van der Waals surface area contributed by atoms with Crippen molar-refractivity contribution in [3.63, 3.8) is 0 Å². The van der Waals surface area contributed by atoms with Crippen LogP contribution in [0.2, 0.25) is 0 Å². The summed E-state index contributed by atoms with van der Waals surface area (Å²) in [5.41, 5.74) is 0.753. The Kier molecular flexibility index (Phi) is 7.66.